The zero-order valence-electron chi connectivity index (χ0n) is 10.3. The van der Waals surface area contributed by atoms with Crippen LogP contribution in [0.2, 0.25) is 0 Å². The highest BCUT2D eigenvalue weighted by molar-refractivity contribution is 7.92. The van der Waals surface area contributed by atoms with E-state index in [-0.39, 0.29) is 4.90 Å². The summed E-state index contributed by atoms with van der Waals surface area (Å²) in [5, 5.41) is 0. The summed E-state index contributed by atoms with van der Waals surface area (Å²) >= 11 is 0. The van der Waals surface area contributed by atoms with Gasteiger partial charge in [0.1, 0.15) is 6.29 Å². The maximum absolute atomic E-state index is 12.1. The lowest BCUT2D eigenvalue weighted by atomic mass is 10.2. The fraction of sp³-hybridized carbons (Fsp3) is 0.0714. The molecule has 5 heteroatoms. The summed E-state index contributed by atoms with van der Waals surface area (Å²) in [7, 11) is -3.59. The summed E-state index contributed by atoms with van der Waals surface area (Å²) in [6.07, 6.45) is 0.707. The third kappa shape index (κ3) is 3.20. The molecule has 0 heterocycles. The molecule has 0 amide bonds. The average molecular weight is 275 g/mol. The minimum Gasteiger partial charge on any atom is -0.298 e. The highest BCUT2D eigenvalue weighted by Crippen LogP contribution is 2.16. The van der Waals surface area contributed by atoms with E-state index in [0.29, 0.717) is 17.5 Å². The van der Waals surface area contributed by atoms with Gasteiger partial charge in [0.25, 0.3) is 10.0 Å². The van der Waals surface area contributed by atoms with Gasteiger partial charge in [0.15, 0.2) is 0 Å². The number of anilines is 1. The Morgan fingerprint density at radius 3 is 2.05 bits per heavy atom. The molecule has 0 aliphatic rings. The molecule has 0 unspecified atom stereocenters. The number of aldehydes is 1. The van der Waals surface area contributed by atoms with E-state index in [2.05, 4.69) is 4.72 Å². The minimum atomic E-state index is -3.59. The van der Waals surface area contributed by atoms with Gasteiger partial charge in [0.2, 0.25) is 0 Å². The van der Waals surface area contributed by atoms with Crippen LogP contribution in [0.5, 0.6) is 0 Å². The van der Waals surface area contributed by atoms with Gasteiger partial charge in [0.05, 0.1) is 4.90 Å². The summed E-state index contributed by atoms with van der Waals surface area (Å²) in [4.78, 5) is 10.7. The molecule has 0 spiro atoms. The van der Waals surface area contributed by atoms with Crippen molar-refractivity contribution in [3.8, 4) is 0 Å². The Bertz CT molecular complexity index is 674. The van der Waals surface area contributed by atoms with Crippen molar-refractivity contribution in [1.29, 1.82) is 0 Å². The minimum absolute atomic E-state index is 0.206. The number of hydrogen-bond donors (Lipinski definition) is 1. The predicted molar refractivity (Wildman–Crippen MR) is 73.8 cm³/mol. The Kier molecular flexibility index (Phi) is 3.66. The first kappa shape index (κ1) is 13.3. The van der Waals surface area contributed by atoms with Crippen molar-refractivity contribution in [1.82, 2.24) is 0 Å². The number of rotatable bonds is 4. The molecule has 19 heavy (non-hydrogen) atoms. The van der Waals surface area contributed by atoms with Gasteiger partial charge in [-0.15, -0.1) is 0 Å². The van der Waals surface area contributed by atoms with Gasteiger partial charge in [-0.05, 0) is 43.3 Å². The van der Waals surface area contributed by atoms with Crippen LogP contribution in [-0.2, 0) is 10.0 Å². The molecule has 0 radical (unpaired) electrons. The van der Waals surface area contributed by atoms with E-state index in [1.165, 1.54) is 0 Å². The number of aryl methyl sites for hydroxylation is 1. The van der Waals surface area contributed by atoms with Gasteiger partial charge in [-0.2, -0.15) is 0 Å². The van der Waals surface area contributed by atoms with E-state index in [9.17, 15) is 13.2 Å². The van der Waals surface area contributed by atoms with Crippen LogP contribution in [0, 0.1) is 6.92 Å². The van der Waals surface area contributed by atoms with E-state index < -0.39 is 10.0 Å². The van der Waals surface area contributed by atoms with Crippen molar-refractivity contribution < 1.29 is 13.2 Å². The van der Waals surface area contributed by atoms with Gasteiger partial charge in [-0.3, -0.25) is 9.52 Å². The monoisotopic (exact) mass is 275 g/mol. The Balaban J connectivity index is 2.25. The standard InChI is InChI=1S/C14H13NO3S/c1-11-2-8-14(9-3-11)19(17,18)15-13-6-4-12(10-16)5-7-13/h2-10,15H,1H3. The van der Waals surface area contributed by atoms with Gasteiger partial charge < -0.3 is 0 Å². The molecular formula is C14H13NO3S. The van der Waals surface area contributed by atoms with E-state index in [0.717, 1.165) is 5.56 Å². The molecule has 0 atom stereocenters. The summed E-state index contributed by atoms with van der Waals surface area (Å²) in [6, 6.07) is 12.8. The summed E-state index contributed by atoms with van der Waals surface area (Å²) in [6.45, 7) is 1.89. The molecule has 2 rings (SSSR count). The lowest BCUT2D eigenvalue weighted by Gasteiger charge is -2.08. The van der Waals surface area contributed by atoms with Crippen molar-refractivity contribution in [2.45, 2.75) is 11.8 Å². The van der Waals surface area contributed by atoms with Gasteiger partial charge >= 0.3 is 0 Å². The highest BCUT2D eigenvalue weighted by Gasteiger charge is 2.13. The highest BCUT2D eigenvalue weighted by atomic mass is 32.2. The van der Waals surface area contributed by atoms with E-state index in [4.69, 9.17) is 0 Å². The molecule has 98 valence electrons. The van der Waals surface area contributed by atoms with Crippen molar-refractivity contribution in [3.05, 3.63) is 59.7 Å². The third-order valence-electron chi connectivity index (χ3n) is 2.63. The lowest BCUT2D eigenvalue weighted by molar-refractivity contribution is 0.112. The van der Waals surface area contributed by atoms with Crippen LogP contribution >= 0.6 is 0 Å². The van der Waals surface area contributed by atoms with Crippen LogP contribution < -0.4 is 4.72 Å². The first-order valence-corrected chi connectivity index (χ1v) is 7.14. The molecule has 0 saturated heterocycles. The third-order valence-corrected chi connectivity index (χ3v) is 4.03. The Morgan fingerprint density at radius 2 is 1.53 bits per heavy atom. The van der Waals surface area contributed by atoms with Crippen molar-refractivity contribution >= 4 is 22.0 Å². The largest absolute Gasteiger partial charge is 0.298 e. The summed E-state index contributed by atoms with van der Waals surface area (Å²) in [5.41, 5.74) is 1.92. The summed E-state index contributed by atoms with van der Waals surface area (Å²) in [5.74, 6) is 0. The van der Waals surface area contributed by atoms with E-state index >= 15 is 0 Å². The smallest absolute Gasteiger partial charge is 0.261 e. The number of benzene rings is 2. The Morgan fingerprint density at radius 1 is 0.947 bits per heavy atom. The maximum Gasteiger partial charge on any atom is 0.261 e. The van der Waals surface area contributed by atoms with Crippen molar-refractivity contribution in [2.75, 3.05) is 4.72 Å². The summed E-state index contributed by atoms with van der Waals surface area (Å²) < 4.78 is 26.6. The number of carbonyl (C=O) groups is 1. The normalized spacial score (nSPS) is 11.0. The fourth-order valence-corrected chi connectivity index (χ4v) is 2.62. The van der Waals surface area contributed by atoms with Crippen LogP contribution in [-0.4, -0.2) is 14.7 Å². The molecule has 1 N–H and O–H groups in total. The second-order valence-electron chi connectivity index (χ2n) is 4.16. The number of sulfonamides is 1. The van der Waals surface area contributed by atoms with Crippen LogP contribution in [0.4, 0.5) is 5.69 Å². The van der Waals surface area contributed by atoms with Gasteiger partial charge in [-0.1, -0.05) is 17.7 Å². The lowest BCUT2D eigenvalue weighted by Crippen LogP contribution is -2.12. The van der Waals surface area contributed by atoms with E-state index in [1.54, 1.807) is 48.5 Å². The molecule has 0 aliphatic carbocycles. The first-order chi connectivity index (χ1) is 9.01. The predicted octanol–water partition coefficient (Wildman–Crippen LogP) is 2.61. The van der Waals surface area contributed by atoms with Crippen molar-refractivity contribution in [2.24, 2.45) is 0 Å². The zero-order chi connectivity index (χ0) is 13.9. The molecule has 0 saturated carbocycles. The zero-order valence-corrected chi connectivity index (χ0v) is 11.1. The van der Waals surface area contributed by atoms with Gasteiger partial charge in [-0.25, -0.2) is 8.42 Å². The number of hydrogen-bond acceptors (Lipinski definition) is 3. The second kappa shape index (κ2) is 5.24. The van der Waals surface area contributed by atoms with E-state index in [1.807, 2.05) is 6.92 Å². The average Bonchev–Trinajstić information content (AvgIpc) is 2.40. The molecule has 0 aliphatic heterocycles. The van der Waals surface area contributed by atoms with Crippen molar-refractivity contribution in [3.63, 3.8) is 0 Å². The molecular weight excluding hydrogens is 262 g/mol. The molecule has 0 fully saturated rings. The van der Waals surface area contributed by atoms with Crippen LogP contribution in [0.1, 0.15) is 15.9 Å². The van der Waals surface area contributed by atoms with Crippen LogP contribution in [0.15, 0.2) is 53.4 Å². The molecule has 0 bridgehead atoms. The quantitative estimate of drug-likeness (QED) is 0.872. The SMILES string of the molecule is Cc1ccc(S(=O)(=O)Nc2ccc(C=O)cc2)cc1. The molecule has 4 nitrogen and oxygen atoms in total. The fourth-order valence-electron chi connectivity index (χ4n) is 1.56. The maximum atomic E-state index is 12.1. The Hall–Kier alpha value is -2.14. The molecule has 0 aromatic heterocycles. The van der Waals surface area contributed by atoms with Crippen LogP contribution in [0.25, 0.3) is 0 Å². The van der Waals surface area contributed by atoms with Crippen LogP contribution in [0.3, 0.4) is 0 Å². The molecule has 2 aromatic rings. The number of nitrogens with one attached hydrogen (secondary N) is 1. The topological polar surface area (TPSA) is 63.2 Å². The number of carbonyl (C=O) groups excluding carboxylic acids is 1. The van der Waals surface area contributed by atoms with Gasteiger partial charge in [0, 0.05) is 11.3 Å². The second-order valence-corrected chi connectivity index (χ2v) is 5.84. The first-order valence-electron chi connectivity index (χ1n) is 5.66. The Labute approximate surface area is 112 Å². The molecule has 2 aromatic carbocycles.